The Bertz CT molecular complexity index is 623. The van der Waals surface area contributed by atoms with Crippen molar-refractivity contribution in [2.24, 2.45) is 0 Å². The predicted octanol–water partition coefficient (Wildman–Crippen LogP) is -0.346. The maximum Gasteiger partial charge on any atom is 0.328 e. The van der Waals surface area contributed by atoms with E-state index in [0.717, 1.165) is 12.3 Å². The van der Waals surface area contributed by atoms with Crippen molar-refractivity contribution in [1.82, 2.24) is 5.32 Å². The Morgan fingerprint density at radius 2 is 1.90 bits per heavy atom. The molecule has 3 N–H and O–H groups in total. The van der Waals surface area contributed by atoms with E-state index in [-0.39, 0.29) is 10.5 Å². The SMILES string of the molecule is C[C@@H](O)[C@H](NC(=O)c1cccc(S(C)(=O)=O)c1)C(=O)O. The highest BCUT2D eigenvalue weighted by Crippen LogP contribution is 2.11. The highest BCUT2D eigenvalue weighted by molar-refractivity contribution is 7.90. The van der Waals surface area contributed by atoms with Crippen LogP contribution < -0.4 is 5.32 Å². The Kier molecular flexibility index (Phi) is 4.85. The number of aliphatic hydroxyl groups is 1. The maximum atomic E-state index is 11.9. The van der Waals surface area contributed by atoms with Crippen molar-refractivity contribution >= 4 is 21.7 Å². The van der Waals surface area contributed by atoms with Crippen LogP contribution >= 0.6 is 0 Å². The molecule has 0 unspecified atom stereocenters. The van der Waals surface area contributed by atoms with Crippen LogP contribution in [0.25, 0.3) is 0 Å². The smallest absolute Gasteiger partial charge is 0.328 e. The molecule has 0 aliphatic rings. The number of aliphatic hydroxyl groups excluding tert-OH is 1. The lowest BCUT2D eigenvalue weighted by Gasteiger charge is -2.17. The average Bonchev–Trinajstić information content (AvgIpc) is 2.34. The Morgan fingerprint density at radius 1 is 1.30 bits per heavy atom. The summed E-state index contributed by atoms with van der Waals surface area (Å²) in [5.74, 6) is -2.16. The summed E-state index contributed by atoms with van der Waals surface area (Å²) in [4.78, 5) is 22.7. The van der Waals surface area contributed by atoms with E-state index in [1.165, 1.54) is 25.1 Å². The fourth-order valence-corrected chi connectivity index (χ4v) is 2.15. The van der Waals surface area contributed by atoms with Gasteiger partial charge in [-0.15, -0.1) is 0 Å². The monoisotopic (exact) mass is 301 g/mol. The second kappa shape index (κ2) is 6.02. The van der Waals surface area contributed by atoms with Crippen molar-refractivity contribution in [3.05, 3.63) is 29.8 Å². The second-order valence-corrected chi connectivity index (χ2v) is 6.35. The van der Waals surface area contributed by atoms with Gasteiger partial charge in [-0.1, -0.05) is 6.07 Å². The van der Waals surface area contributed by atoms with Gasteiger partial charge >= 0.3 is 5.97 Å². The highest BCUT2D eigenvalue weighted by atomic mass is 32.2. The number of nitrogens with one attached hydrogen (secondary N) is 1. The molecule has 0 bridgehead atoms. The molecule has 0 spiro atoms. The molecule has 7 nitrogen and oxygen atoms in total. The van der Waals surface area contributed by atoms with Gasteiger partial charge in [0.2, 0.25) is 0 Å². The van der Waals surface area contributed by atoms with Gasteiger partial charge in [0, 0.05) is 11.8 Å². The molecule has 0 saturated heterocycles. The van der Waals surface area contributed by atoms with Crippen molar-refractivity contribution in [3.8, 4) is 0 Å². The second-order valence-electron chi connectivity index (χ2n) is 4.33. The zero-order valence-corrected chi connectivity index (χ0v) is 11.7. The lowest BCUT2D eigenvalue weighted by molar-refractivity contribution is -0.141. The zero-order chi connectivity index (χ0) is 15.5. The largest absolute Gasteiger partial charge is 0.480 e. The number of hydrogen-bond acceptors (Lipinski definition) is 5. The van der Waals surface area contributed by atoms with Crippen LogP contribution in [0.3, 0.4) is 0 Å². The quantitative estimate of drug-likeness (QED) is 0.684. The lowest BCUT2D eigenvalue weighted by atomic mass is 10.1. The molecular weight excluding hydrogens is 286 g/mol. The third kappa shape index (κ3) is 4.04. The van der Waals surface area contributed by atoms with Crippen LogP contribution in [0.1, 0.15) is 17.3 Å². The van der Waals surface area contributed by atoms with E-state index in [2.05, 4.69) is 5.32 Å². The summed E-state index contributed by atoms with van der Waals surface area (Å²) < 4.78 is 22.8. The Labute approximate surface area is 116 Å². The minimum absolute atomic E-state index is 0.000162. The lowest BCUT2D eigenvalue weighted by Crippen LogP contribution is -2.47. The molecule has 0 aliphatic heterocycles. The van der Waals surface area contributed by atoms with E-state index >= 15 is 0 Å². The number of carbonyl (C=O) groups is 2. The minimum Gasteiger partial charge on any atom is -0.480 e. The number of aliphatic carboxylic acids is 1. The van der Waals surface area contributed by atoms with Crippen LogP contribution in [0.15, 0.2) is 29.2 Å². The minimum atomic E-state index is -3.47. The van der Waals surface area contributed by atoms with E-state index in [9.17, 15) is 23.1 Å². The third-order valence-electron chi connectivity index (χ3n) is 2.56. The molecule has 1 rings (SSSR count). The van der Waals surface area contributed by atoms with Crippen LogP contribution in [0.2, 0.25) is 0 Å². The third-order valence-corrected chi connectivity index (χ3v) is 3.67. The van der Waals surface area contributed by atoms with Crippen LogP contribution in [-0.2, 0) is 14.6 Å². The van der Waals surface area contributed by atoms with Gasteiger partial charge in [0.1, 0.15) is 0 Å². The van der Waals surface area contributed by atoms with Gasteiger partial charge < -0.3 is 15.5 Å². The number of rotatable bonds is 5. The maximum absolute atomic E-state index is 11.9. The molecular formula is C12H15NO6S. The van der Waals surface area contributed by atoms with E-state index in [1.807, 2.05) is 0 Å². The number of hydrogen-bond donors (Lipinski definition) is 3. The van der Waals surface area contributed by atoms with E-state index in [4.69, 9.17) is 5.11 Å². The fourth-order valence-electron chi connectivity index (χ4n) is 1.48. The van der Waals surface area contributed by atoms with Gasteiger partial charge in [-0.05, 0) is 25.1 Å². The van der Waals surface area contributed by atoms with Crippen LogP contribution in [0, 0.1) is 0 Å². The van der Waals surface area contributed by atoms with Crippen molar-refractivity contribution in [3.63, 3.8) is 0 Å². The molecule has 1 aromatic rings. The number of carbonyl (C=O) groups excluding carboxylic acids is 1. The fraction of sp³-hybridized carbons (Fsp3) is 0.333. The Balaban J connectivity index is 3.01. The van der Waals surface area contributed by atoms with Crippen molar-refractivity contribution in [2.45, 2.75) is 24.0 Å². The number of amides is 1. The Hall–Kier alpha value is -1.93. The van der Waals surface area contributed by atoms with Gasteiger partial charge in [-0.25, -0.2) is 13.2 Å². The molecule has 2 atom stereocenters. The summed E-state index contributed by atoms with van der Waals surface area (Å²) in [6, 6.07) is 3.74. The number of carboxylic acids is 1. The first-order chi connectivity index (χ1) is 9.12. The van der Waals surface area contributed by atoms with E-state index < -0.39 is 33.9 Å². The normalized spacial score (nSPS) is 14.3. The summed E-state index contributed by atoms with van der Waals surface area (Å²) in [5.41, 5.74) is -0.000162. The van der Waals surface area contributed by atoms with Crippen LogP contribution in [0.4, 0.5) is 0 Å². The highest BCUT2D eigenvalue weighted by Gasteiger charge is 2.25. The molecule has 1 aromatic carbocycles. The topological polar surface area (TPSA) is 121 Å². The number of sulfone groups is 1. The molecule has 0 aliphatic carbocycles. The first kappa shape index (κ1) is 16.1. The first-order valence-corrected chi connectivity index (χ1v) is 7.54. The van der Waals surface area contributed by atoms with Crippen molar-refractivity contribution in [1.29, 1.82) is 0 Å². The molecule has 20 heavy (non-hydrogen) atoms. The van der Waals surface area contributed by atoms with Crippen LogP contribution in [-0.4, -0.2) is 48.9 Å². The van der Waals surface area contributed by atoms with E-state index in [1.54, 1.807) is 0 Å². The van der Waals surface area contributed by atoms with Gasteiger partial charge in [-0.3, -0.25) is 4.79 Å². The summed E-state index contributed by atoms with van der Waals surface area (Å²) in [5, 5.41) is 20.3. The summed E-state index contributed by atoms with van der Waals surface area (Å²) in [6.45, 7) is 1.23. The molecule has 110 valence electrons. The summed E-state index contributed by atoms with van der Waals surface area (Å²) in [6.07, 6.45) is -0.283. The molecule has 8 heteroatoms. The van der Waals surface area contributed by atoms with E-state index in [0.29, 0.717) is 0 Å². The molecule has 1 amide bonds. The molecule has 0 fully saturated rings. The predicted molar refractivity (Wildman–Crippen MR) is 70.1 cm³/mol. The molecule has 0 saturated carbocycles. The number of carboxylic acid groups (broad SMARTS) is 1. The zero-order valence-electron chi connectivity index (χ0n) is 10.9. The first-order valence-electron chi connectivity index (χ1n) is 5.65. The summed E-state index contributed by atoms with van der Waals surface area (Å²) >= 11 is 0. The average molecular weight is 301 g/mol. The summed E-state index contributed by atoms with van der Waals surface area (Å²) in [7, 11) is -3.47. The molecule has 0 radical (unpaired) electrons. The van der Waals surface area contributed by atoms with Gasteiger partial charge in [-0.2, -0.15) is 0 Å². The van der Waals surface area contributed by atoms with Crippen molar-refractivity contribution in [2.75, 3.05) is 6.26 Å². The molecule has 0 heterocycles. The Morgan fingerprint density at radius 3 is 2.35 bits per heavy atom. The van der Waals surface area contributed by atoms with Gasteiger partial charge in [0.15, 0.2) is 15.9 Å². The van der Waals surface area contributed by atoms with Gasteiger partial charge in [0.25, 0.3) is 5.91 Å². The van der Waals surface area contributed by atoms with Crippen molar-refractivity contribution < 1.29 is 28.2 Å². The van der Waals surface area contributed by atoms with Crippen LogP contribution in [0.5, 0.6) is 0 Å². The molecule has 0 aromatic heterocycles. The van der Waals surface area contributed by atoms with Gasteiger partial charge in [0.05, 0.1) is 11.0 Å². The standard InChI is InChI=1S/C12H15NO6S/c1-7(14)10(12(16)17)13-11(15)8-4-3-5-9(6-8)20(2,18)19/h3-7,10,14H,1-2H3,(H,13,15)(H,16,17)/t7-,10+/m1/s1. The number of benzene rings is 1.